The van der Waals surface area contributed by atoms with Crippen molar-refractivity contribution in [1.82, 2.24) is 10.2 Å². The Balaban J connectivity index is 1.54. The third kappa shape index (κ3) is 5.07. The quantitative estimate of drug-likeness (QED) is 0.638. The maximum absolute atomic E-state index is 3.64. The number of unbranched alkanes of at least 4 members (excludes halogenated alkanes) is 3. The molecule has 2 fully saturated rings. The molecule has 1 N–H and O–H groups in total. The zero-order valence-electron chi connectivity index (χ0n) is 13.0. The van der Waals surface area contributed by atoms with Crippen LogP contribution in [0.5, 0.6) is 0 Å². The number of nitrogens with one attached hydrogen (secondary N) is 1. The molecule has 0 bridgehead atoms. The summed E-state index contributed by atoms with van der Waals surface area (Å²) in [7, 11) is 0. The van der Waals surface area contributed by atoms with E-state index in [2.05, 4.69) is 17.1 Å². The van der Waals surface area contributed by atoms with Gasteiger partial charge in [0, 0.05) is 19.1 Å². The zero-order chi connectivity index (χ0) is 13.3. The van der Waals surface area contributed by atoms with Crippen molar-refractivity contribution in [2.24, 2.45) is 5.92 Å². The Morgan fingerprint density at radius 1 is 0.947 bits per heavy atom. The molecule has 0 spiro atoms. The van der Waals surface area contributed by atoms with Crippen LogP contribution in [0.1, 0.15) is 71.1 Å². The second-order valence-electron chi connectivity index (χ2n) is 6.60. The first-order chi connectivity index (χ1) is 9.42. The molecule has 0 amide bonds. The minimum atomic E-state index is 0.935. The van der Waals surface area contributed by atoms with Crippen LogP contribution in [-0.2, 0) is 0 Å². The first-order valence-electron chi connectivity index (χ1n) is 8.86. The third-order valence-corrected chi connectivity index (χ3v) is 5.14. The lowest BCUT2D eigenvalue weighted by atomic mass is 9.96. The predicted molar refractivity (Wildman–Crippen MR) is 83.6 cm³/mol. The molecule has 1 unspecified atom stereocenters. The fourth-order valence-electron chi connectivity index (χ4n) is 4.03. The number of rotatable bonds is 9. The first kappa shape index (κ1) is 15.3. The standard InChI is InChI=1S/C17H34N2/c1-2-3-4-7-12-18-13-15-19-14-8-11-17(19)16-9-5-6-10-16/h16-18H,2-15H2,1H3. The normalized spacial score (nSPS) is 25.4. The second kappa shape index (κ2) is 8.97. The molecule has 2 nitrogen and oxygen atoms in total. The van der Waals surface area contributed by atoms with E-state index >= 15 is 0 Å². The summed E-state index contributed by atoms with van der Waals surface area (Å²) >= 11 is 0. The molecule has 1 saturated heterocycles. The Hall–Kier alpha value is -0.0800. The number of hydrogen-bond donors (Lipinski definition) is 1. The van der Waals surface area contributed by atoms with Crippen LogP contribution in [0.3, 0.4) is 0 Å². The van der Waals surface area contributed by atoms with E-state index in [0.29, 0.717) is 0 Å². The molecule has 2 rings (SSSR count). The topological polar surface area (TPSA) is 15.3 Å². The van der Waals surface area contributed by atoms with Gasteiger partial charge >= 0.3 is 0 Å². The minimum absolute atomic E-state index is 0.935. The number of hydrogen-bond acceptors (Lipinski definition) is 2. The third-order valence-electron chi connectivity index (χ3n) is 5.14. The van der Waals surface area contributed by atoms with Crippen molar-refractivity contribution in [3.05, 3.63) is 0 Å². The van der Waals surface area contributed by atoms with Gasteiger partial charge in [-0.15, -0.1) is 0 Å². The monoisotopic (exact) mass is 266 g/mol. The van der Waals surface area contributed by atoms with E-state index in [1.165, 1.54) is 90.4 Å². The highest BCUT2D eigenvalue weighted by atomic mass is 15.2. The van der Waals surface area contributed by atoms with Crippen molar-refractivity contribution in [2.75, 3.05) is 26.2 Å². The highest BCUT2D eigenvalue weighted by molar-refractivity contribution is 4.87. The van der Waals surface area contributed by atoms with Crippen molar-refractivity contribution < 1.29 is 0 Å². The smallest absolute Gasteiger partial charge is 0.0124 e. The molecule has 19 heavy (non-hydrogen) atoms. The molecule has 1 atom stereocenters. The highest BCUT2D eigenvalue weighted by Crippen LogP contribution is 2.35. The second-order valence-corrected chi connectivity index (χ2v) is 6.60. The van der Waals surface area contributed by atoms with E-state index in [4.69, 9.17) is 0 Å². The summed E-state index contributed by atoms with van der Waals surface area (Å²) in [5.41, 5.74) is 0. The van der Waals surface area contributed by atoms with Crippen LogP contribution in [-0.4, -0.2) is 37.1 Å². The zero-order valence-corrected chi connectivity index (χ0v) is 13.0. The van der Waals surface area contributed by atoms with Gasteiger partial charge in [0.1, 0.15) is 0 Å². The maximum atomic E-state index is 3.64. The van der Waals surface area contributed by atoms with Gasteiger partial charge < -0.3 is 5.32 Å². The molecule has 0 aromatic heterocycles. The fraction of sp³-hybridized carbons (Fsp3) is 1.00. The Bertz CT molecular complexity index is 223. The van der Waals surface area contributed by atoms with E-state index < -0.39 is 0 Å². The van der Waals surface area contributed by atoms with Gasteiger partial charge in [-0.25, -0.2) is 0 Å². The van der Waals surface area contributed by atoms with Crippen LogP contribution in [0.2, 0.25) is 0 Å². The lowest BCUT2D eigenvalue weighted by Crippen LogP contribution is -2.39. The van der Waals surface area contributed by atoms with Gasteiger partial charge in [0.05, 0.1) is 0 Å². The lowest BCUT2D eigenvalue weighted by molar-refractivity contribution is 0.191. The molecular weight excluding hydrogens is 232 g/mol. The van der Waals surface area contributed by atoms with Gasteiger partial charge in [0.25, 0.3) is 0 Å². The summed E-state index contributed by atoms with van der Waals surface area (Å²) in [4.78, 5) is 2.79. The van der Waals surface area contributed by atoms with Gasteiger partial charge in [0.15, 0.2) is 0 Å². The van der Waals surface area contributed by atoms with Crippen molar-refractivity contribution >= 4 is 0 Å². The van der Waals surface area contributed by atoms with Crippen molar-refractivity contribution in [3.8, 4) is 0 Å². The molecule has 2 aliphatic rings. The van der Waals surface area contributed by atoms with E-state index in [1.54, 1.807) is 0 Å². The van der Waals surface area contributed by atoms with Crippen molar-refractivity contribution in [3.63, 3.8) is 0 Å². The average molecular weight is 266 g/mol. The molecule has 112 valence electrons. The van der Waals surface area contributed by atoms with Gasteiger partial charge in [0.2, 0.25) is 0 Å². The summed E-state index contributed by atoms with van der Waals surface area (Å²) in [6, 6.07) is 0.935. The Morgan fingerprint density at radius 2 is 1.79 bits per heavy atom. The number of nitrogens with zero attached hydrogens (tertiary/aromatic N) is 1. The number of likely N-dealkylation sites (tertiary alicyclic amines) is 1. The molecule has 0 radical (unpaired) electrons. The summed E-state index contributed by atoms with van der Waals surface area (Å²) in [5.74, 6) is 1.03. The summed E-state index contributed by atoms with van der Waals surface area (Å²) in [6.45, 7) is 7.36. The van der Waals surface area contributed by atoms with E-state index in [1.807, 2.05) is 0 Å². The Kier molecular flexibility index (Phi) is 7.23. The maximum Gasteiger partial charge on any atom is 0.0124 e. The van der Waals surface area contributed by atoms with Crippen molar-refractivity contribution in [2.45, 2.75) is 77.2 Å². The SMILES string of the molecule is CCCCCCNCCN1CCCC1C1CCCC1. The molecular formula is C17H34N2. The lowest BCUT2D eigenvalue weighted by Gasteiger charge is -2.29. The fourth-order valence-corrected chi connectivity index (χ4v) is 4.03. The predicted octanol–water partition coefficient (Wildman–Crippen LogP) is 3.81. The van der Waals surface area contributed by atoms with Gasteiger partial charge in [-0.2, -0.15) is 0 Å². The summed E-state index contributed by atoms with van der Waals surface area (Å²) < 4.78 is 0. The van der Waals surface area contributed by atoms with Gasteiger partial charge in [-0.1, -0.05) is 39.0 Å². The largest absolute Gasteiger partial charge is 0.315 e. The van der Waals surface area contributed by atoms with Gasteiger partial charge in [-0.3, -0.25) is 4.90 Å². The molecule has 1 aliphatic carbocycles. The van der Waals surface area contributed by atoms with Crippen molar-refractivity contribution in [1.29, 1.82) is 0 Å². The molecule has 2 heteroatoms. The van der Waals surface area contributed by atoms with Crippen LogP contribution >= 0.6 is 0 Å². The van der Waals surface area contributed by atoms with E-state index in [-0.39, 0.29) is 0 Å². The minimum Gasteiger partial charge on any atom is -0.315 e. The average Bonchev–Trinajstić information content (AvgIpc) is 3.08. The molecule has 1 heterocycles. The summed E-state index contributed by atoms with van der Waals surface area (Å²) in [5, 5.41) is 3.64. The summed E-state index contributed by atoms with van der Waals surface area (Å²) in [6.07, 6.45) is 14.4. The Morgan fingerprint density at radius 3 is 2.58 bits per heavy atom. The van der Waals surface area contributed by atoms with E-state index in [9.17, 15) is 0 Å². The first-order valence-corrected chi connectivity index (χ1v) is 8.86. The molecule has 1 saturated carbocycles. The van der Waals surface area contributed by atoms with Crippen LogP contribution in [0.15, 0.2) is 0 Å². The molecule has 0 aromatic carbocycles. The van der Waals surface area contributed by atoms with Crippen LogP contribution in [0, 0.1) is 5.92 Å². The van der Waals surface area contributed by atoms with E-state index in [0.717, 1.165) is 12.0 Å². The van der Waals surface area contributed by atoms with Crippen LogP contribution in [0.25, 0.3) is 0 Å². The van der Waals surface area contributed by atoms with Crippen LogP contribution < -0.4 is 5.32 Å². The Labute approximate surface area is 120 Å². The van der Waals surface area contributed by atoms with Crippen LogP contribution in [0.4, 0.5) is 0 Å². The highest BCUT2D eigenvalue weighted by Gasteiger charge is 2.32. The van der Waals surface area contributed by atoms with Gasteiger partial charge in [-0.05, 0) is 51.1 Å². The molecule has 0 aromatic rings. The molecule has 1 aliphatic heterocycles.